The van der Waals surface area contributed by atoms with Crippen LogP contribution in [0.1, 0.15) is 103 Å². The maximum atomic E-state index is 2.40. The largest absolute Gasteiger partial charge is 0.0725 e. The average molecular weight is 1380 g/mol. The van der Waals surface area contributed by atoms with Crippen LogP contribution in [0.25, 0.3) is 77.9 Å². The van der Waals surface area contributed by atoms with E-state index < -0.39 is 0 Å². The molecule has 16 aromatic rings. The van der Waals surface area contributed by atoms with E-state index in [9.17, 15) is 0 Å². The molecule has 0 aliphatic heterocycles. The van der Waals surface area contributed by atoms with Crippen LogP contribution < -0.4 is 0 Å². The molecule has 16 aromatic carbocycles. The van der Waals surface area contributed by atoms with Crippen molar-refractivity contribution >= 4 is 0 Å². The van der Waals surface area contributed by atoms with E-state index in [4.69, 9.17) is 0 Å². The molecule has 0 saturated heterocycles. The molecule has 0 unspecified atom stereocenters. The van der Waals surface area contributed by atoms with Gasteiger partial charge in [-0.25, -0.2) is 0 Å². The first kappa shape index (κ1) is 70.2. The second-order valence-electron chi connectivity index (χ2n) is 29.4. The zero-order valence-corrected chi connectivity index (χ0v) is 62.6. The zero-order chi connectivity index (χ0) is 73.5. The van der Waals surface area contributed by atoms with Crippen LogP contribution in [0.5, 0.6) is 0 Å². The standard InChI is InChI=1S/C26H18.C26H20.C16H16.3C13H12/c1-17-14-15-21-20-10-4-7-13-24(20)26(25(21)16-17)22-11-5-2-8-18(22)19-9-3-6-12-23(19)26;1-19-16-17-23-22-14-8-9-15-24(22)26(25(23)18-19,20-10-4-2-5-11-20)21-12-6-3-7-13-21;1-11-8-9-13-12-6-4-5-7-14(12)16(2,3)15(13)10-11;1-11-7-5-6-10-13(11)12-8-3-2-4-9-12;1-11-6-5-9-13(10-11)12-7-3-2-4-8-12;1-11-7-9-13(10-8-11)12-5-3-2-4-6-12/h2-16H,1H3;2-18H,1H3;4-10H,1-3H3;3*2-10H,1H3. The van der Waals surface area contributed by atoms with Crippen LogP contribution >= 0.6 is 0 Å². The first-order valence-corrected chi connectivity index (χ1v) is 37.6. The van der Waals surface area contributed by atoms with Crippen LogP contribution in [0, 0.1) is 41.5 Å². The van der Waals surface area contributed by atoms with E-state index in [2.05, 4.69) is 438 Å². The Kier molecular flexibility index (Phi) is 20.1. The lowest BCUT2D eigenvalue weighted by Gasteiger charge is -2.34. The fraction of sp³-hybridized carbons (Fsp3) is 0.103. The summed E-state index contributed by atoms with van der Waals surface area (Å²) >= 11 is 0. The summed E-state index contributed by atoms with van der Waals surface area (Å²) in [6.07, 6.45) is 0. The Morgan fingerprint density at radius 1 is 0.159 bits per heavy atom. The van der Waals surface area contributed by atoms with Crippen LogP contribution in [-0.4, -0.2) is 0 Å². The number of hydrogen-bond acceptors (Lipinski definition) is 0. The third kappa shape index (κ3) is 13.5. The van der Waals surface area contributed by atoms with Gasteiger partial charge in [0, 0.05) is 5.41 Å². The summed E-state index contributed by atoms with van der Waals surface area (Å²) in [6, 6.07) is 144. The van der Waals surface area contributed by atoms with Crippen LogP contribution in [0.15, 0.2) is 400 Å². The van der Waals surface area contributed by atoms with E-state index in [0.717, 1.165) is 0 Å². The molecule has 1 spiro atoms. The van der Waals surface area contributed by atoms with Crippen LogP contribution in [0.3, 0.4) is 0 Å². The van der Waals surface area contributed by atoms with Gasteiger partial charge in [-0.05, 0) is 181 Å². The minimum absolute atomic E-state index is 0.151. The third-order valence-corrected chi connectivity index (χ3v) is 22.0. The van der Waals surface area contributed by atoms with Gasteiger partial charge in [-0.1, -0.05) is 442 Å². The van der Waals surface area contributed by atoms with Crippen LogP contribution in [-0.2, 0) is 16.2 Å². The van der Waals surface area contributed by atoms with E-state index in [1.165, 1.54) is 167 Å². The second kappa shape index (κ2) is 30.7. The Morgan fingerprint density at radius 3 is 0.869 bits per heavy atom. The van der Waals surface area contributed by atoms with E-state index in [1.807, 2.05) is 18.2 Å². The number of aryl methyl sites for hydroxylation is 6. The van der Waals surface area contributed by atoms with Crippen molar-refractivity contribution in [1.82, 2.24) is 0 Å². The summed E-state index contributed by atoms with van der Waals surface area (Å²) in [5, 5.41) is 0. The number of fused-ring (bicyclic) bond motifs is 16. The smallest absolute Gasteiger partial charge is 0.0622 e. The van der Waals surface area contributed by atoms with Gasteiger partial charge in [0.25, 0.3) is 0 Å². The summed E-state index contributed by atoms with van der Waals surface area (Å²) in [4.78, 5) is 0. The molecule has 20 rings (SSSR count). The van der Waals surface area contributed by atoms with Gasteiger partial charge < -0.3 is 0 Å². The highest BCUT2D eigenvalue weighted by molar-refractivity contribution is 5.95. The van der Waals surface area contributed by atoms with E-state index in [1.54, 1.807) is 0 Å². The summed E-state index contributed by atoms with van der Waals surface area (Å²) in [5.41, 5.74) is 40.3. The number of rotatable bonds is 5. The predicted molar refractivity (Wildman–Crippen MR) is 455 cm³/mol. The molecule has 0 nitrogen and oxygen atoms in total. The van der Waals surface area contributed by atoms with Gasteiger partial charge >= 0.3 is 0 Å². The molecule has 0 saturated carbocycles. The van der Waals surface area contributed by atoms with Gasteiger partial charge in [-0.3, -0.25) is 0 Å². The molecule has 0 heteroatoms. The van der Waals surface area contributed by atoms with E-state index in [0.29, 0.717) is 0 Å². The van der Waals surface area contributed by atoms with Crippen molar-refractivity contribution in [2.45, 2.75) is 71.6 Å². The highest BCUT2D eigenvalue weighted by atomic mass is 14.5. The minimum Gasteiger partial charge on any atom is -0.0622 e. The molecule has 0 heterocycles. The zero-order valence-electron chi connectivity index (χ0n) is 62.6. The molecule has 0 N–H and O–H groups in total. The third-order valence-electron chi connectivity index (χ3n) is 22.0. The molecular formula is C107H90. The monoisotopic (exact) mass is 1370 g/mol. The van der Waals surface area contributed by atoms with Crippen molar-refractivity contribution in [1.29, 1.82) is 0 Å². The Labute approximate surface area is 634 Å². The van der Waals surface area contributed by atoms with Gasteiger partial charge in [0.05, 0.1) is 10.8 Å². The lowest BCUT2D eigenvalue weighted by Crippen LogP contribution is -2.28. The van der Waals surface area contributed by atoms with Gasteiger partial charge in [0.1, 0.15) is 0 Å². The topological polar surface area (TPSA) is 0 Å². The fourth-order valence-corrected chi connectivity index (χ4v) is 16.9. The van der Waals surface area contributed by atoms with Gasteiger partial charge in [0.15, 0.2) is 0 Å². The molecule has 518 valence electrons. The highest BCUT2D eigenvalue weighted by Crippen LogP contribution is 2.63. The molecule has 0 aromatic heterocycles. The van der Waals surface area contributed by atoms with E-state index >= 15 is 0 Å². The Balaban J connectivity index is 0.000000106. The predicted octanol–water partition coefficient (Wildman–Crippen LogP) is 28.0. The maximum Gasteiger partial charge on any atom is 0.0725 e. The van der Waals surface area contributed by atoms with Crippen molar-refractivity contribution in [3.63, 3.8) is 0 Å². The SMILES string of the molecule is Cc1ccc(-c2ccccc2)cc1.Cc1ccc2c(c1)C(C)(C)c1ccccc1-2.Cc1ccc2c(c1)C(c1ccccc1)(c1ccccc1)c1ccccc1-2.Cc1ccc2c(c1)C1(c3ccccc3-c3ccccc31)c1ccccc1-2.Cc1cccc(-c2ccccc2)c1.Cc1ccccc1-c1ccccc1. The molecule has 4 aliphatic carbocycles. The molecule has 0 atom stereocenters. The lowest BCUT2D eigenvalue weighted by atomic mass is 9.67. The normalized spacial score (nSPS) is 12.9. The highest BCUT2D eigenvalue weighted by Gasteiger charge is 2.51. The summed E-state index contributed by atoms with van der Waals surface area (Å²) in [6.45, 7) is 17.5. The summed E-state index contributed by atoms with van der Waals surface area (Å²) in [7, 11) is 0. The minimum atomic E-state index is -0.263. The Morgan fingerprint density at radius 2 is 0.439 bits per heavy atom. The maximum absolute atomic E-state index is 2.40. The number of benzene rings is 16. The number of hydrogen-bond donors (Lipinski definition) is 0. The molecule has 4 aliphatic rings. The van der Waals surface area contributed by atoms with Crippen molar-refractivity contribution < 1.29 is 0 Å². The van der Waals surface area contributed by atoms with Crippen LogP contribution in [0.2, 0.25) is 0 Å². The van der Waals surface area contributed by atoms with Gasteiger partial charge in [0.2, 0.25) is 0 Å². The molecule has 0 amide bonds. The van der Waals surface area contributed by atoms with Crippen LogP contribution in [0.4, 0.5) is 0 Å². The van der Waals surface area contributed by atoms with E-state index in [-0.39, 0.29) is 16.2 Å². The molecule has 0 radical (unpaired) electrons. The average Bonchev–Trinajstić information content (AvgIpc) is 1.65. The lowest BCUT2D eigenvalue weighted by molar-refractivity contribution is 0.660. The molecule has 0 bridgehead atoms. The summed E-state index contributed by atoms with van der Waals surface area (Å²) in [5.74, 6) is 0. The molecular weight excluding hydrogens is 1290 g/mol. The van der Waals surface area contributed by atoms with Crippen molar-refractivity contribution in [2.75, 3.05) is 0 Å². The first-order valence-electron chi connectivity index (χ1n) is 37.6. The second-order valence-corrected chi connectivity index (χ2v) is 29.4. The molecule has 0 fully saturated rings. The van der Waals surface area contributed by atoms with Crippen molar-refractivity contribution in [3.8, 4) is 77.9 Å². The fourth-order valence-electron chi connectivity index (χ4n) is 16.9. The quantitative estimate of drug-likeness (QED) is 0.161. The first-order chi connectivity index (χ1) is 52.3. The van der Waals surface area contributed by atoms with Crippen molar-refractivity contribution in [3.05, 3.63) is 489 Å². The Bertz CT molecular complexity index is 5560. The molecule has 107 heavy (non-hydrogen) atoms. The Hall–Kier alpha value is -12.5. The van der Waals surface area contributed by atoms with Crippen molar-refractivity contribution in [2.24, 2.45) is 0 Å². The van der Waals surface area contributed by atoms with Gasteiger partial charge in [-0.2, -0.15) is 0 Å². The summed E-state index contributed by atoms with van der Waals surface area (Å²) < 4.78 is 0. The van der Waals surface area contributed by atoms with Gasteiger partial charge in [-0.15, -0.1) is 0 Å².